The van der Waals surface area contributed by atoms with Crippen LogP contribution < -0.4 is 4.90 Å². The third-order valence-electron chi connectivity index (χ3n) is 3.41. The van der Waals surface area contributed by atoms with Gasteiger partial charge in [0, 0.05) is 41.6 Å². The van der Waals surface area contributed by atoms with Crippen LogP contribution in [0.4, 0.5) is 5.13 Å². The molecule has 0 radical (unpaired) electrons. The minimum absolute atomic E-state index is 1.07. The smallest absolute Gasteiger partial charge is 0.185 e. The maximum atomic E-state index is 4.77. The van der Waals surface area contributed by atoms with Crippen molar-refractivity contribution in [3.63, 3.8) is 0 Å². The van der Waals surface area contributed by atoms with Crippen LogP contribution in [0.3, 0.4) is 0 Å². The molecule has 19 heavy (non-hydrogen) atoms. The van der Waals surface area contributed by atoms with Crippen LogP contribution in [-0.2, 0) is 0 Å². The number of nitrogens with zero attached hydrogens (tertiary/aromatic N) is 3. The van der Waals surface area contributed by atoms with E-state index in [1.165, 1.54) is 5.56 Å². The fourth-order valence-corrected chi connectivity index (χ4v) is 3.31. The van der Waals surface area contributed by atoms with Gasteiger partial charge in [0.2, 0.25) is 0 Å². The molecule has 0 spiro atoms. The second kappa shape index (κ2) is 5.61. The number of halogens is 1. The highest BCUT2D eigenvalue weighted by Gasteiger charge is 2.17. The van der Waals surface area contributed by atoms with Crippen LogP contribution in [0.1, 0.15) is 0 Å². The van der Waals surface area contributed by atoms with Gasteiger partial charge in [-0.15, -0.1) is 11.3 Å². The summed E-state index contributed by atoms with van der Waals surface area (Å²) in [5.41, 5.74) is 2.26. The molecule has 1 aliphatic rings. The summed E-state index contributed by atoms with van der Waals surface area (Å²) >= 11 is 5.20. The number of hydrogen-bond acceptors (Lipinski definition) is 4. The standard InChI is InChI=1S/C14H16BrN3S/c1-17-6-8-18(9-7-17)14-16-13(10-19-14)11-2-4-12(15)5-3-11/h2-5,10H,6-9H2,1H3. The molecule has 0 bridgehead atoms. The number of hydrogen-bond donors (Lipinski definition) is 0. The molecule has 3 nitrogen and oxygen atoms in total. The highest BCUT2D eigenvalue weighted by atomic mass is 79.9. The molecule has 5 heteroatoms. The average Bonchev–Trinajstić information content (AvgIpc) is 2.90. The molecule has 0 aliphatic carbocycles. The Hall–Kier alpha value is -0.910. The molecule has 1 fully saturated rings. The van der Waals surface area contributed by atoms with Crippen molar-refractivity contribution in [2.75, 3.05) is 38.1 Å². The lowest BCUT2D eigenvalue weighted by Crippen LogP contribution is -2.44. The van der Waals surface area contributed by atoms with Gasteiger partial charge in [-0.3, -0.25) is 0 Å². The molecular formula is C14H16BrN3S. The fourth-order valence-electron chi connectivity index (χ4n) is 2.16. The first-order valence-electron chi connectivity index (χ1n) is 6.37. The van der Waals surface area contributed by atoms with Crippen LogP contribution in [0.2, 0.25) is 0 Å². The first-order chi connectivity index (χ1) is 9.22. The summed E-state index contributed by atoms with van der Waals surface area (Å²) in [6, 6.07) is 8.33. The Kier molecular flexibility index (Phi) is 3.86. The second-order valence-electron chi connectivity index (χ2n) is 4.81. The predicted octanol–water partition coefficient (Wildman–Crippen LogP) is 3.32. The Balaban J connectivity index is 1.77. The molecule has 100 valence electrons. The zero-order valence-corrected chi connectivity index (χ0v) is 13.2. The quantitative estimate of drug-likeness (QED) is 0.837. The molecule has 3 rings (SSSR count). The van der Waals surface area contributed by atoms with Gasteiger partial charge in [0.25, 0.3) is 0 Å². The number of piperazine rings is 1. The van der Waals surface area contributed by atoms with E-state index in [-0.39, 0.29) is 0 Å². The molecule has 0 amide bonds. The summed E-state index contributed by atoms with van der Waals surface area (Å²) < 4.78 is 1.10. The SMILES string of the molecule is CN1CCN(c2nc(-c3ccc(Br)cc3)cs2)CC1. The lowest BCUT2D eigenvalue weighted by Gasteiger charge is -2.32. The molecule has 2 aromatic rings. The molecule has 0 unspecified atom stereocenters. The van der Waals surface area contributed by atoms with Gasteiger partial charge in [-0.1, -0.05) is 28.1 Å². The largest absolute Gasteiger partial charge is 0.346 e. The van der Waals surface area contributed by atoms with Gasteiger partial charge in [-0.2, -0.15) is 0 Å². The van der Waals surface area contributed by atoms with Gasteiger partial charge < -0.3 is 9.80 Å². The molecule has 1 saturated heterocycles. The molecule has 1 aliphatic heterocycles. The first-order valence-corrected chi connectivity index (χ1v) is 8.04. The normalized spacial score (nSPS) is 16.8. The lowest BCUT2D eigenvalue weighted by atomic mass is 10.2. The van der Waals surface area contributed by atoms with Crippen LogP contribution >= 0.6 is 27.3 Å². The number of benzene rings is 1. The van der Waals surface area contributed by atoms with E-state index in [1.807, 2.05) is 0 Å². The van der Waals surface area contributed by atoms with Crippen LogP contribution in [0.5, 0.6) is 0 Å². The van der Waals surface area contributed by atoms with Gasteiger partial charge in [-0.25, -0.2) is 4.98 Å². The highest BCUT2D eigenvalue weighted by Crippen LogP contribution is 2.28. The van der Waals surface area contributed by atoms with E-state index < -0.39 is 0 Å². The van der Waals surface area contributed by atoms with Gasteiger partial charge in [0.05, 0.1) is 5.69 Å². The first kappa shape index (κ1) is 13.1. The maximum Gasteiger partial charge on any atom is 0.185 e. The summed E-state index contributed by atoms with van der Waals surface area (Å²) in [6.07, 6.45) is 0. The van der Waals surface area contributed by atoms with E-state index >= 15 is 0 Å². The van der Waals surface area contributed by atoms with Crippen molar-refractivity contribution in [3.8, 4) is 11.3 Å². The number of likely N-dealkylation sites (N-methyl/N-ethyl adjacent to an activating group) is 1. The van der Waals surface area contributed by atoms with E-state index in [1.54, 1.807) is 11.3 Å². The van der Waals surface area contributed by atoms with Crippen molar-refractivity contribution in [2.24, 2.45) is 0 Å². The molecular weight excluding hydrogens is 322 g/mol. The van der Waals surface area contributed by atoms with Crippen LogP contribution in [-0.4, -0.2) is 43.1 Å². The van der Waals surface area contributed by atoms with Crippen molar-refractivity contribution in [1.82, 2.24) is 9.88 Å². The van der Waals surface area contributed by atoms with Crippen molar-refractivity contribution in [1.29, 1.82) is 0 Å². The number of aromatic nitrogens is 1. The van der Waals surface area contributed by atoms with E-state index in [4.69, 9.17) is 4.98 Å². The van der Waals surface area contributed by atoms with Crippen molar-refractivity contribution in [3.05, 3.63) is 34.1 Å². The molecule has 0 N–H and O–H groups in total. The van der Waals surface area contributed by atoms with Gasteiger partial charge in [0.1, 0.15) is 0 Å². The minimum Gasteiger partial charge on any atom is -0.346 e. The lowest BCUT2D eigenvalue weighted by molar-refractivity contribution is 0.313. The Morgan fingerprint density at radius 2 is 1.79 bits per heavy atom. The summed E-state index contributed by atoms with van der Waals surface area (Å²) in [4.78, 5) is 9.51. The number of thiazole rings is 1. The van der Waals surface area contributed by atoms with Crippen LogP contribution in [0.15, 0.2) is 34.1 Å². The topological polar surface area (TPSA) is 19.4 Å². The molecule has 0 atom stereocenters. The van der Waals surface area contributed by atoms with Gasteiger partial charge in [-0.05, 0) is 19.2 Å². The summed E-state index contributed by atoms with van der Waals surface area (Å²) in [5, 5.41) is 3.29. The molecule has 1 aromatic heterocycles. The highest BCUT2D eigenvalue weighted by molar-refractivity contribution is 9.10. The summed E-state index contributed by atoms with van der Waals surface area (Å²) in [6.45, 7) is 4.38. The van der Waals surface area contributed by atoms with E-state index in [9.17, 15) is 0 Å². The summed E-state index contributed by atoms with van der Waals surface area (Å²) in [5.74, 6) is 0. The Morgan fingerprint density at radius 1 is 1.11 bits per heavy atom. The predicted molar refractivity (Wildman–Crippen MR) is 85.0 cm³/mol. The van der Waals surface area contributed by atoms with Crippen LogP contribution in [0, 0.1) is 0 Å². The third kappa shape index (κ3) is 2.99. The number of rotatable bonds is 2. The Bertz CT molecular complexity index is 544. The fraction of sp³-hybridized carbons (Fsp3) is 0.357. The average molecular weight is 338 g/mol. The molecule has 0 saturated carbocycles. The van der Waals surface area contributed by atoms with E-state index in [0.29, 0.717) is 0 Å². The second-order valence-corrected chi connectivity index (χ2v) is 6.56. The Morgan fingerprint density at radius 3 is 2.47 bits per heavy atom. The zero-order valence-electron chi connectivity index (χ0n) is 10.8. The van der Waals surface area contributed by atoms with Crippen molar-refractivity contribution in [2.45, 2.75) is 0 Å². The monoisotopic (exact) mass is 337 g/mol. The number of anilines is 1. The summed E-state index contributed by atoms with van der Waals surface area (Å²) in [7, 11) is 2.17. The Labute approximate surface area is 126 Å². The van der Waals surface area contributed by atoms with Gasteiger partial charge >= 0.3 is 0 Å². The minimum atomic E-state index is 1.07. The zero-order chi connectivity index (χ0) is 13.2. The molecule has 2 heterocycles. The molecule has 1 aromatic carbocycles. The van der Waals surface area contributed by atoms with Crippen LogP contribution in [0.25, 0.3) is 11.3 Å². The van der Waals surface area contributed by atoms with Crippen molar-refractivity contribution >= 4 is 32.4 Å². The third-order valence-corrected chi connectivity index (χ3v) is 4.84. The van der Waals surface area contributed by atoms with E-state index in [0.717, 1.165) is 41.5 Å². The van der Waals surface area contributed by atoms with E-state index in [2.05, 4.69) is 62.4 Å². The maximum absolute atomic E-state index is 4.77. The van der Waals surface area contributed by atoms with Crippen molar-refractivity contribution < 1.29 is 0 Å². The van der Waals surface area contributed by atoms with Gasteiger partial charge in [0.15, 0.2) is 5.13 Å².